The van der Waals surface area contributed by atoms with E-state index in [0.29, 0.717) is 27.8 Å². The predicted octanol–water partition coefficient (Wildman–Crippen LogP) is 5.27. The van der Waals surface area contributed by atoms with Crippen LogP contribution in [0.15, 0.2) is 24.3 Å². The zero-order valence-corrected chi connectivity index (χ0v) is 15.8. The number of anilines is 1. The number of hydrogen-bond acceptors (Lipinski definition) is 4. The number of fused-ring (bicyclic) bond motifs is 1. The summed E-state index contributed by atoms with van der Waals surface area (Å²) in [5.41, 5.74) is 2.02. The molecule has 0 saturated carbocycles. The van der Waals surface area contributed by atoms with Crippen molar-refractivity contribution in [3.8, 4) is 0 Å². The second kappa shape index (κ2) is 7.58. The van der Waals surface area contributed by atoms with Crippen molar-refractivity contribution in [2.75, 3.05) is 11.9 Å². The van der Waals surface area contributed by atoms with E-state index in [1.165, 1.54) is 16.2 Å². The third kappa shape index (κ3) is 3.72. The number of hydrogen-bond donors (Lipinski definition) is 1. The van der Waals surface area contributed by atoms with Crippen LogP contribution in [0.3, 0.4) is 0 Å². The lowest BCUT2D eigenvalue weighted by Gasteiger charge is -2.19. The normalized spacial score (nSPS) is 16.2. The van der Waals surface area contributed by atoms with E-state index in [9.17, 15) is 9.59 Å². The second-order valence-corrected chi connectivity index (χ2v) is 7.66. The van der Waals surface area contributed by atoms with Crippen molar-refractivity contribution in [3.63, 3.8) is 0 Å². The summed E-state index contributed by atoms with van der Waals surface area (Å²) in [6.45, 7) is 4.21. The van der Waals surface area contributed by atoms with Gasteiger partial charge in [0.15, 0.2) is 0 Å². The van der Waals surface area contributed by atoms with Gasteiger partial charge >= 0.3 is 5.97 Å². The van der Waals surface area contributed by atoms with E-state index in [2.05, 4.69) is 12.2 Å². The Morgan fingerprint density at radius 1 is 1.40 bits per heavy atom. The minimum atomic E-state index is -0.366. The highest BCUT2D eigenvalue weighted by Crippen LogP contribution is 2.43. The van der Waals surface area contributed by atoms with Gasteiger partial charge in [0.1, 0.15) is 5.00 Å². The van der Waals surface area contributed by atoms with E-state index in [-0.39, 0.29) is 17.8 Å². The first kappa shape index (κ1) is 18.0. The number of ether oxygens (including phenoxy) is 1. The lowest BCUT2D eigenvalue weighted by Crippen LogP contribution is -2.16. The number of aryl methyl sites for hydroxylation is 1. The van der Waals surface area contributed by atoms with E-state index < -0.39 is 0 Å². The molecule has 0 aliphatic heterocycles. The first-order chi connectivity index (χ1) is 12.0. The summed E-state index contributed by atoms with van der Waals surface area (Å²) in [4.78, 5) is 26.3. The highest BCUT2D eigenvalue weighted by atomic mass is 35.5. The van der Waals surface area contributed by atoms with Crippen molar-refractivity contribution >= 4 is 39.8 Å². The molecule has 1 aliphatic rings. The van der Waals surface area contributed by atoms with Crippen LogP contribution < -0.4 is 5.32 Å². The number of benzene rings is 1. The van der Waals surface area contributed by atoms with Crippen molar-refractivity contribution in [1.82, 2.24) is 0 Å². The fourth-order valence-electron chi connectivity index (χ4n) is 3.21. The van der Waals surface area contributed by atoms with Crippen LogP contribution in [0.2, 0.25) is 5.02 Å². The molecule has 1 aliphatic carbocycles. The number of thiophene rings is 1. The molecule has 132 valence electrons. The molecule has 4 nitrogen and oxygen atoms in total. The first-order valence-corrected chi connectivity index (χ1v) is 9.60. The minimum Gasteiger partial charge on any atom is -0.462 e. The molecule has 0 bridgehead atoms. The van der Waals surface area contributed by atoms with E-state index >= 15 is 0 Å². The third-order valence-corrected chi connectivity index (χ3v) is 5.77. The van der Waals surface area contributed by atoms with Crippen molar-refractivity contribution < 1.29 is 14.3 Å². The van der Waals surface area contributed by atoms with Crippen LogP contribution in [0.5, 0.6) is 0 Å². The summed E-state index contributed by atoms with van der Waals surface area (Å²) in [7, 11) is 0. The smallest absolute Gasteiger partial charge is 0.341 e. The van der Waals surface area contributed by atoms with Crippen LogP contribution in [-0.4, -0.2) is 18.5 Å². The first-order valence-electron chi connectivity index (χ1n) is 8.40. The molecule has 1 N–H and O–H groups in total. The highest BCUT2D eigenvalue weighted by molar-refractivity contribution is 7.17. The Labute approximate surface area is 156 Å². The monoisotopic (exact) mass is 377 g/mol. The summed E-state index contributed by atoms with van der Waals surface area (Å²) in [6.07, 6.45) is 3.07. The van der Waals surface area contributed by atoms with Gasteiger partial charge in [0, 0.05) is 15.5 Å². The maximum Gasteiger partial charge on any atom is 0.341 e. The largest absolute Gasteiger partial charge is 0.462 e. The van der Waals surface area contributed by atoms with Crippen LogP contribution >= 0.6 is 22.9 Å². The van der Waals surface area contributed by atoms with E-state index in [1.54, 1.807) is 31.2 Å². The number of carbonyl (C=O) groups is 2. The maximum atomic E-state index is 12.6. The van der Waals surface area contributed by atoms with E-state index in [0.717, 1.165) is 24.8 Å². The van der Waals surface area contributed by atoms with E-state index in [4.69, 9.17) is 16.3 Å². The molecule has 0 spiro atoms. The summed E-state index contributed by atoms with van der Waals surface area (Å²) in [6, 6.07) is 6.75. The Balaban J connectivity index is 1.98. The van der Waals surface area contributed by atoms with Gasteiger partial charge < -0.3 is 10.1 Å². The Morgan fingerprint density at radius 2 is 2.20 bits per heavy atom. The average molecular weight is 378 g/mol. The molecule has 0 saturated heterocycles. The van der Waals surface area contributed by atoms with Crippen LogP contribution in [-0.2, 0) is 11.2 Å². The zero-order chi connectivity index (χ0) is 18.0. The lowest BCUT2D eigenvalue weighted by atomic mass is 9.86. The van der Waals surface area contributed by atoms with Gasteiger partial charge in [0.25, 0.3) is 5.91 Å². The molecule has 1 amide bonds. The Hall–Kier alpha value is -1.85. The molecule has 2 aromatic rings. The van der Waals surface area contributed by atoms with Crippen molar-refractivity contribution in [1.29, 1.82) is 0 Å². The lowest BCUT2D eigenvalue weighted by molar-refractivity contribution is 0.0526. The minimum absolute atomic E-state index is 0.278. The number of carbonyl (C=O) groups excluding carboxylic acids is 2. The van der Waals surface area contributed by atoms with Crippen LogP contribution in [0.4, 0.5) is 5.00 Å². The van der Waals surface area contributed by atoms with Gasteiger partial charge in [-0.15, -0.1) is 11.3 Å². The molecule has 0 radical (unpaired) electrons. The van der Waals surface area contributed by atoms with Gasteiger partial charge in [-0.1, -0.05) is 24.6 Å². The third-order valence-electron chi connectivity index (χ3n) is 4.35. The standard InChI is InChI=1S/C19H20ClNO3S/c1-3-24-19(23)16-15-11(2)6-4-9-14(15)25-18(16)21-17(22)12-7-5-8-13(20)10-12/h5,7-8,10-11H,3-4,6,9H2,1-2H3,(H,21,22). The summed E-state index contributed by atoms with van der Waals surface area (Å²) < 4.78 is 5.24. The average Bonchev–Trinajstić information content (AvgIpc) is 2.94. The highest BCUT2D eigenvalue weighted by Gasteiger charge is 2.30. The Morgan fingerprint density at radius 3 is 2.92 bits per heavy atom. The van der Waals surface area contributed by atoms with Crippen LogP contribution in [0.25, 0.3) is 0 Å². The van der Waals surface area contributed by atoms with Gasteiger partial charge in [-0.25, -0.2) is 4.79 Å². The van der Waals surface area contributed by atoms with Crippen LogP contribution in [0, 0.1) is 0 Å². The molecule has 1 aromatic heterocycles. The van der Waals surface area contributed by atoms with Crippen LogP contribution in [0.1, 0.15) is 63.8 Å². The predicted molar refractivity (Wildman–Crippen MR) is 101 cm³/mol. The molecule has 6 heteroatoms. The molecule has 3 rings (SSSR count). The number of halogens is 1. The van der Waals surface area contributed by atoms with Gasteiger partial charge in [0.2, 0.25) is 0 Å². The summed E-state index contributed by atoms with van der Waals surface area (Å²) in [5, 5.41) is 3.96. The summed E-state index contributed by atoms with van der Waals surface area (Å²) in [5.74, 6) is -0.356. The van der Waals surface area contributed by atoms with Gasteiger partial charge in [-0.2, -0.15) is 0 Å². The van der Waals surface area contributed by atoms with E-state index in [1.807, 2.05) is 0 Å². The SMILES string of the molecule is CCOC(=O)c1c(NC(=O)c2cccc(Cl)c2)sc2c1C(C)CCC2. The molecule has 1 unspecified atom stereocenters. The van der Waals surface area contributed by atoms with Gasteiger partial charge in [-0.05, 0) is 55.9 Å². The van der Waals surface area contributed by atoms with Crippen molar-refractivity contribution in [2.45, 2.75) is 39.0 Å². The van der Waals surface area contributed by atoms with Crippen molar-refractivity contribution in [2.24, 2.45) is 0 Å². The fourth-order valence-corrected chi connectivity index (χ4v) is 4.75. The Bertz CT molecular complexity index is 815. The number of amides is 1. The quantitative estimate of drug-likeness (QED) is 0.738. The van der Waals surface area contributed by atoms with Gasteiger partial charge in [-0.3, -0.25) is 4.79 Å². The summed E-state index contributed by atoms with van der Waals surface area (Å²) >= 11 is 7.45. The number of esters is 1. The molecular formula is C19H20ClNO3S. The zero-order valence-electron chi connectivity index (χ0n) is 14.2. The van der Waals surface area contributed by atoms with Gasteiger partial charge in [0.05, 0.1) is 12.2 Å². The van der Waals surface area contributed by atoms with Crippen molar-refractivity contribution in [3.05, 3.63) is 50.9 Å². The molecule has 0 fully saturated rings. The number of nitrogens with one attached hydrogen (secondary N) is 1. The molecule has 1 aromatic carbocycles. The second-order valence-electron chi connectivity index (χ2n) is 6.12. The molecular weight excluding hydrogens is 358 g/mol. The number of rotatable bonds is 4. The molecule has 1 heterocycles. The molecule has 25 heavy (non-hydrogen) atoms. The topological polar surface area (TPSA) is 55.4 Å². The molecule has 1 atom stereocenters. The Kier molecular flexibility index (Phi) is 5.45. The maximum absolute atomic E-state index is 12.6. The fraction of sp³-hybridized carbons (Fsp3) is 0.368.